The number of hydrogen-bond donors (Lipinski definition) is 1. The second kappa shape index (κ2) is 4.81. The van der Waals surface area contributed by atoms with Gasteiger partial charge in [0.05, 0.1) is 0 Å². The van der Waals surface area contributed by atoms with E-state index in [1.165, 1.54) is 0 Å². The number of nitrogens with zero attached hydrogens (tertiary/aromatic N) is 2. The van der Waals surface area contributed by atoms with Crippen molar-refractivity contribution in [1.29, 1.82) is 0 Å². The Labute approximate surface area is 120 Å². The van der Waals surface area contributed by atoms with Gasteiger partial charge in [0.15, 0.2) is 0 Å². The van der Waals surface area contributed by atoms with Gasteiger partial charge in [-0.15, -0.1) is 0 Å². The summed E-state index contributed by atoms with van der Waals surface area (Å²) in [7, 11) is 0. The molecule has 3 rings (SSSR count). The van der Waals surface area contributed by atoms with Crippen molar-refractivity contribution in [3.63, 3.8) is 0 Å². The average molecular weight is 320 g/mol. The number of aromatic nitrogens is 2. The maximum atomic E-state index is 5.83. The Morgan fingerprint density at radius 3 is 2.79 bits per heavy atom. The van der Waals surface area contributed by atoms with E-state index in [0.717, 1.165) is 34.5 Å². The Balaban J connectivity index is 1.92. The quantitative estimate of drug-likeness (QED) is 0.934. The molecule has 0 radical (unpaired) electrons. The van der Waals surface area contributed by atoms with Crippen LogP contribution in [0, 0.1) is 6.92 Å². The molecule has 5 heteroatoms. The van der Waals surface area contributed by atoms with Crippen LogP contribution in [-0.4, -0.2) is 9.97 Å². The molecule has 2 aromatic rings. The standard InChI is InChI=1S/C14H14BrN3O/c1-8-2-5-10(15)6-11(8)19-13-7-12(16)17-14(18-13)9-3-4-9/h2,5-7,9H,3-4H2,1H3,(H2,16,17,18). The summed E-state index contributed by atoms with van der Waals surface area (Å²) in [6.07, 6.45) is 2.28. The summed E-state index contributed by atoms with van der Waals surface area (Å²) < 4.78 is 6.80. The zero-order valence-electron chi connectivity index (χ0n) is 10.6. The Morgan fingerprint density at radius 1 is 1.26 bits per heavy atom. The lowest BCUT2D eigenvalue weighted by atomic mass is 10.2. The van der Waals surface area contributed by atoms with E-state index in [0.29, 0.717) is 17.6 Å². The molecule has 1 saturated carbocycles. The van der Waals surface area contributed by atoms with Crippen molar-refractivity contribution in [2.24, 2.45) is 0 Å². The number of nitrogens with two attached hydrogens (primary N) is 1. The minimum absolute atomic E-state index is 0.453. The first-order valence-corrected chi connectivity index (χ1v) is 6.99. The molecule has 1 aromatic heterocycles. The lowest BCUT2D eigenvalue weighted by molar-refractivity contribution is 0.455. The number of halogens is 1. The van der Waals surface area contributed by atoms with Gasteiger partial charge < -0.3 is 10.5 Å². The fourth-order valence-corrected chi connectivity index (χ4v) is 2.17. The first-order chi connectivity index (χ1) is 9.11. The molecule has 1 aromatic carbocycles. The molecular formula is C14H14BrN3O. The summed E-state index contributed by atoms with van der Waals surface area (Å²) in [4.78, 5) is 8.69. The van der Waals surface area contributed by atoms with Crippen molar-refractivity contribution < 1.29 is 4.74 Å². The van der Waals surface area contributed by atoms with Crippen LogP contribution >= 0.6 is 15.9 Å². The van der Waals surface area contributed by atoms with Crippen LogP contribution in [0.15, 0.2) is 28.7 Å². The lowest BCUT2D eigenvalue weighted by Gasteiger charge is -2.09. The highest BCUT2D eigenvalue weighted by atomic mass is 79.9. The SMILES string of the molecule is Cc1ccc(Br)cc1Oc1cc(N)nc(C2CC2)n1. The van der Waals surface area contributed by atoms with Gasteiger partial charge in [-0.25, -0.2) is 4.98 Å². The summed E-state index contributed by atoms with van der Waals surface area (Å²) in [5.41, 5.74) is 6.86. The monoisotopic (exact) mass is 319 g/mol. The third-order valence-electron chi connectivity index (χ3n) is 3.05. The van der Waals surface area contributed by atoms with Crippen molar-refractivity contribution in [2.45, 2.75) is 25.7 Å². The maximum Gasteiger partial charge on any atom is 0.224 e. The van der Waals surface area contributed by atoms with Gasteiger partial charge in [-0.3, -0.25) is 0 Å². The molecule has 0 aliphatic heterocycles. The van der Waals surface area contributed by atoms with Crippen LogP contribution in [0.25, 0.3) is 0 Å². The highest BCUT2D eigenvalue weighted by Gasteiger charge is 2.27. The third kappa shape index (κ3) is 2.87. The van der Waals surface area contributed by atoms with E-state index >= 15 is 0 Å². The van der Waals surface area contributed by atoms with Gasteiger partial charge in [-0.1, -0.05) is 22.0 Å². The lowest BCUT2D eigenvalue weighted by Crippen LogP contribution is -2.00. The van der Waals surface area contributed by atoms with Crippen LogP contribution in [0.2, 0.25) is 0 Å². The highest BCUT2D eigenvalue weighted by molar-refractivity contribution is 9.10. The number of benzene rings is 1. The van der Waals surface area contributed by atoms with E-state index in [1.54, 1.807) is 6.07 Å². The molecular weight excluding hydrogens is 306 g/mol. The molecule has 0 unspecified atom stereocenters. The number of nitrogen functional groups attached to an aromatic ring is 1. The number of aryl methyl sites for hydroxylation is 1. The normalized spacial score (nSPS) is 14.4. The Morgan fingerprint density at radius 2 is 2.05 bits per heavy atom. The number of rotatable bonds is 3. The average Bonchev–Trinajstić information content (AvgIpc) is 3.17. The molecule has 2 N–H and O–H groups in total. The minimum Gasteiger partial charge on any atom is -0.439 e. The molecule has 1 heterocycles. The van der Waals surface area contributed by atoms with Crippen LogP contribution < -0.4 is 10.5 Å². The third-order valence-corrected chi connectivity index (χ3v) is 3.54. The zero-order valence-corrected chi connectivity index (χ0v) is 12.1. The minimum atomic E-state index is 0.453. The Bertz CT molecular complexity index is 626. The molecule has 1 aliphatic rings. The van der Waals surface area contributed by atoms with Crippen LogP contribution in [-0.2, 0) is 0 Å². The molecule has 0 spiro atoms. The largest absolute Gasteiger partial charge is 0.439 e. The molecule has 19 heavy (non-hydrogen) atoms. The molecule has 0 saturated heterocycles. The molecule has 1 aliphatic carbocycles. The van der Waals surface area contributed by atoms with Gasteiger partial charge >= 0.3 is 0 Å². The van der Waals surface area contributed by atoms with Crippen molar-refractivity contribution >= 4 is 21.7 Å². The zero-order chi connectivity index (χ0) is 13.4. The maximum absolute atomic E-state index is 5.83. The van der Waals surface area contributed by atoms with Crippen LogP contribution in [0.1, 0.15) is 30.1 Å². The molecule has 4 nitrogen and oxygen atoms in total. The van der Waals surface area contributed by atoms with E-state index in [2.05, 4.69) is 25.9 Å². The number of ether oxygens (including phenoxy) is 1. The summed E-state index contributed by atoms with van der Waals surface area (Å²) in [6, 6.07) is 7.55. The Kier molecular flexibility index (Phi) is 3.14. The molecule has 0 bridgehead atoms. The molecule has 1 fully saturated rings. The predicted molar refractivity (Wildman–Crippen MR) is 77.4 cm³/mol. The first kappa shape index (κ1) is 12.4. The molecule has 98 valence electrons. The summed E-state index contributed by atoms with van der Waals surface area (Å²) in [6.45, 7) is 1.99. The van der Waals surface area contributed by atoms with Gasteiger partial charge in [0.2, 0.25) is 5.88 Å². The topological polar surface area (TPSA) is 61.0 Å². The van der Waals surface area contributed by atoms with Crippen molar-refractivity contribution in [3.8, 4) is 11.6 Å². The van der Waals surface area contributed by atoms with E-state index in [4.69, 9.17) is 10.5 Å². The highest BCUT2D eigenvalue weighted by Crippen LogP contribution is 2.39. The van der Waals surface area contributed by atoms with Crippen LogP contribution in [0.3, 0.4) is 0 Å². The van der Waals surface area contributed by atoms with Gasteiger partial charge in [-0.05, 0) is 37.5 Å². The van der Waals surface area contributed by atoms with Gasteiger partial charge in [-0.2, -0.15) is 4.98 Å². The Hall–Kier alpha value is -1.62. The summed E-state index contributed by atoms with van der Waals surface area (Å²) >= 11 is 3.43. The second-order valence-corrected chi connectivity index (χ2v) is 5.69. The summed E-state index contributed by atoms with van der Waals surface area (Å²) in [5.74, 6) is 2.99. The van der Waals surface area contributed by atoms with Gasteiger partial charge in [0, 0.05) is 16.5 Å². The summed E-state index contributed by atoms with van der Waals surface area (Å²) in [5, 5.41) is 0. The van der Waals surface area contributed by atoms with Crippen LogP contribution in [0.4, 0.5) is 5.82 Å². The fourth-order valence-electron chi connectivity index (χ4n) is 1.83. The molecule has 0 amide bonds. The van der Waals surface area contributed by atoms with E-state index in [9.17, 15) is 0 Å². The van der Waals surface area contributed by atoms with E-state index < -0.39 is 0 Å². The fraction of sp³-hybridized carbons (Fsp3) is 0.286. The first-order valence-electron chi connectivity index (χ1n) is 6.20. The van der Waals surface area contributed by atoms with Crippen molar-refractivity contribution in [1.82, 2.24) is 9.97 Å². The van der Waals surface area contributed by atoms with Crippen LogP contribution in [0.5, 0.6) is 11.6 Å². The van der Waals surface area contributed by atoms with Crippen molar-refractivity contribution in [2.75, 3.05) is 5.73 Å². The predicted octanol–water partition coefficient (Wildman–Crippen LogP) is 3.80. The van der Waals surface area contributed by atoms with E-state index in [-0.39, 0.29) is 0 Å². The second-order valence-electron chi connectivity index (χ2n) is 4.78. The number of hydrogen-bond acceptors (Lipinski definition) is 4. The smallest absolute Gasteiger partial charge is 0.224 e. The number of anilines is 1. The van der Waals surface area contributed by atoms with Gasteiger partial charge in [0.1, 0.15) is 17.4 Å². The van der Waals surface area contributed by atoms with Crippen molar-refractivity contribution in [3.05, 3.63) is 40.1 Å². The van der Waals surface area contributed by atoms with E-state index in [1.807, 2.05) is 25.1 Å². The van der Waals surface area contributed by atoms with Gasteiger partial charge in [0.25, 0.3) is 0 Å². The molecule has 0 atom stereocenters.